The van der Waals surface area contributed by atoms with Crippen LogP contribution in [0.15, 0.2) is 35.0 Å². The van der Waals surface area contributed by atoms with Crippen LogP contribution in [0.4, 0.5) is 4.39 Å². The number of carbonyl (C=O) groups is 1. The third-order valence-electron chi connectivity index (χ3n) is 4.93. The van der Waals surface area contributed by atoms with Gasteiger partial charge in [-0.25, -0.2) is 4.39 Å². The lowest BCUT2D eigenvalue weighted by molar-refractivity contribution is 0.0690. The summed E-state index contributed by atoms with van der Waals surface area (Å²) in [7, 11) is 0. The summed E-state index contributed by atoms with van der Waals surface area (Å²) in [6.07, 6.45) is 4.04. The Morgan fingerprint density at radius 1 is 1.37 bits per heavy atom. The van der Waals surface area contributed by atoms with Gasteiger partial charge in [-0.3, -0.25) is 9.89 Å². The molecule has 1 aliphatic rings. The molecule has 1 aliphatic heterocycles. The minimum Gasteiger partial charge on any atom is -0.340 e. The van der Waals surface area contributed by atoms with Gasteiger partial charge in [0.2, 0.25) is 5.89 Å². The monoisotopic (exact) mass is 369 g/mol. The fraction of sp³-hybridized carbons (Fsp3) is 0.368. The van der Waals surface area contributed by atoms with Crippen molar-refractivity contribution in [2.75, 3.05) is 13.1 Å². The van der Waals surface area contributed by atoms with Crippen LogP contribution in [0.3, 0.4) is 0 Å². The lowest BCUT2D eigenvalue weighted by Gasteiger charge is -2.31. The number of amides is 1. The number of aromatic nitrogens is 4. The summed E-state index contributed by atoms with van der Waals surface area (Å²) >= 11 is 0. The molecule has 1 N–H and O–H groups in total. The van der Waals surface area contributed by atoms with Crippen LogP contribution in [0.1, 0.15) is 34.9 Å². The van der Waals surface area contributed by atoms with E-state index < -0.39 is 0 Å². The molecule has 1 fully saturated rings. The van der Waals surface area contributed by atoms with Gasteiger partial charge in [0.25, 0.3) is 5.91 Å². The normalized spacial score (nSPS) is 15.3. The van der Waals surface area contributed by atoms with Crippen molar-refractivity contribution in [1.82, 2.24) is 25.2 Å². The van der Waals surface area contributed by atoms with E-state index in [2.05, 4.69) is 20.3 Å². The van der Waals surface area contributed by atoms with Crippen molar-refractivity contribution < 1.29 is 13.7 Å². The molecule has 0 saturated carbocycles. The molecule has 4 rings (SSSR count). The van der Waals surface area contributed by atoms with Crippen molar-refractivity contribution in [2.24, 2.45) is 5.92 Å². The molecular formula is C19H20FN5O2. The highest BCUT2D eigenvalue weighted by Gasteiger charge is 2.27. The second-order valence-corrected chi connectivity index (χ2v) is 6.84. The number of rotatable bonds is 4. The molecule has 27 heavy (non-hydrogen) atoms. The van der Waals surface area contributed by atoms with Crippen LogP contribution in [0.25, 0.3) is 11.3 Å². The number of carbonyl (C=O) groups excluding carboxylic acids is 1. The fourth-order valence-corrected chi connectivity index (χ4v) is 3.51. The number of nitrogens with zero attached hydrogens (tertiary/aromatic N) is 4. The Kier molecular flexibility index (Phi) is 4.70. The number of hydrogen-bond acceptors (Lipinski definition) is 5. The Morgan fingerprint density at radius 2 is 2.19 bits per heavy atom. The number of H-pyrrole nitrogens is 1. The Balaban J connectivity index is 1.42. The summed E-state index contributed by atoms with van der Waals surface area (Å²) < 4.78 is 18.5. The number of aryl methyl sites for hydroxylation is 1. The van der Waals surface area contributed by atoms with Crippen molar-refractivity contribution in [1.29, 1.82) is 0 Å². The molecule has 0 radical (unpaired) electrons. The molecular weight excluding hydrogens is 349 g/mol. The quantitative estimate of drug-likeness (QED) is 0.764. The third-order valence-corrected chi connectivity index (χ3v) is 4.93. The van der Waals surface area contributed by atoms with E-state index in [0.29, 0.717) is 41.7 Å². The Morgan fingerprint density at radius 3 is 2.89 bits per heavy atom. The number of likely N-dealkylation sites (tertiary alicyclic amines) is 1. The van der Waals surface area contributed by atoms with Gasteiger partial charge in [0, 0.05) is 32.0 Å². The summed E-state index contributed by atoms with van der Waals surface area (Å²) in [6.45, 7) is 3.10. The molecule has 0 aliphatic carbocycles. The van der Waals surface area contributed by atoms with Gasteiger partial charge in [-0.05, 0) is 30.9 Å². The van der Waals surface area contributed by atoms with E-state index in [1.807, 2.05) is 4.90 Å². The lowest BCUT2D eigenvalue weighted by Crippen LogP contribution is -2.39. The van der Waals surface area contributed by atoms with Crippen LogP contribution in [0, 0.1) is 18.7 Å². The number of aromatic amines is 1. The zero-order chi connectivity index (χ0) is 18.8. The zero-order valence-electron chi connectivity index (χ0n) is 15.0. The summed E-state index contributed by atoms with van der Waals surface area (Å²) in [5.74, 6) is 1.29. The zero-order valence-corrected chi connectivity index (χ0v) is 15.0. The highest BCUT2D eigenvalue weighted by molar-refractivity contribution is 5.99. The molecule has 3 heterocycles. The summed E-state index contributed by atoms with van der Waals surface area (Å²) in [5, 5.41) is 10.8. The molecule has 0 spiro atoms. The van der Waals surface area contributed by atoms with Crippen molar-refractivity contribution in [3.05, 3.63) is 53.6 Å². The first kappa shape index (κ1) is 17.4. The average molecular weight is 369 g/mol. The Hall–Kier alpha value is -3.03. The van der Waals surface area contributed by atoms with Gasteiger partial charge in [0.1, 0.15) is 5.82 Å². The number of hydrogen-bond donors (Lipinski definition) is 1. The average Bonchev–Trinajstić information content (AvgIpc) is 3.31. The van der Waals surface area contributed by atoms with Crippen molar-refractivity contribution in [3.63, 3.8) is 0 Å². The molecule has 1 aromatic carbocycles. The van der Waals surface area contributed by atoms with Crippen molar-refractivity contribution in [3.8, 4) is 11.3 Å². The van der Waals surface area contributed by atoms with Gasteiger partial charge in [-0.2, -0.15) is 10.1 Å². The van der Waals surface area contributed by atoms with Crippen LogP contribution in [0.2, 0.25) is 0 Å². The van der Waals surface area contributed by atoms with Gasteiger partial charge in [0.05, 0.1) is 17.5 Å². The van der Waals surface area contributed by atoms with E-state index in [-0.39, 0.29) is 11.7 Å². The second-order valence-electron chi connectivity index (χ2n) is 6.84. The van der Waals surface area contributed by atoms with Crippen LogP contribution < -0.4 is 0 Å². The minimum absolute atomic E-state index is 0.0862. The maximum absolute atomic E-state index is 13.5. The number of nitrogens with one attached hydrogen (secondary N) is 1. The highest BCUT2D eigenvalue weighted by Crippen LogP contribution is 2.26. The van der Waals surface area contributed by atoms with Crippen molar-refractivity contribution >= 4 is 5.91 Å². The fourth-order valence-electron chi connectivity index (χ4n) is 3.51. The molecule has 0 atom stereocenters. The Labute approximate surface area is 155 Å². The Bertz CT molecular complexity index is 943. The summed E-state index contributed by atoms with van der Waals surface area (Å²) in [4.78, 5) is 19.0. The summed E-state index contributed by atoms with van der Waals surface area (Å²) in [5.41, 5.74) is 1.62. The van der Waals surface area contributed by atoms with E-state index in [9.17, 15) is 9.18 Å². The standard InChI is InChI=1S/C19H20FN5O2/c1-12-22-17(24-27-12)9-13-5-7-25(8-6-13)19(26)16-11-21-23-18(16)14-3-2-4-15(20)10-14/h2-4,10-11,13H,5-9H2,1H3,(H,21,23). The van der Waals surface area contributed by atoms with Crippen LogP contribution in [0.5, 0.6) is 0 Å². The molecule has 140 valence electrons. The van der Waals surface area contributed by atoms with Crippen LogP contribution in [-0.2, 0) is 6.42 Å². The van der Waals surface area contributed by atoms with Gasteiger partial charge in [-0.1, -0.05) is 17.3 Å². The van der Waals surface area contributed by atoms with E-state index in [4.69, 9.17) is 4.52 Å². The van der Waals surface area contributed by atoms with Gasteiger partial charge < -0.3 is 9.42 Å². The third kappa shape index (κ3) is 3.74. The molecule has 8 heteroatoms. The number of benzene rings is 1. The van der Waals surface area contributed by atoms with E-state index in [0.717, 1.165) is 25.1 Å². The van der Waals surface area contributed by atoms with Crippen LogP contribution in [-0.4, -0.2) is 44.2 Å². The first-order valence-electron chi connectivity index (χ1n) is 8.98. The second kappa shape index (κ2) is 7.30. The maximum atomic E-state index is 13.5. The molecule has 1 amide bonds. The highest BCUT2D eigenvalue weighted by atomic mass is 19.1. The van der Waals surface area contributed by atoms with E-state index in [1.54, 1.807) is 19.1 Å². The van der Waals surface area contributed by atoms with Gasteiger partial charge in [0.15, 0.2) is 5.82 Å². The number of halogens is 1. The molecule has 0 unspecified atom stereocenters. The summed E-state index contributed by atoms with van der Waals surface area (Å²) in [6, 6.07) is 6.14. The molecule has 3 aromatic rings. The van der Waals surface area contributed by atoms with Gasteiger partial charge in [-0.15, -0.1) is 0 Å². The van der Waals surface area contributed by atoms with E-state index >= 15 is 0 Å². The topological polar surface area (TPSA) is 87.9 Å². The number of piperidine rings is 1. The van der Waals surface area contributed by atoms with Crippen molar-refractivity contribution in [2.45, 2.75) is 26.2 Å². The SMILES string of the molecule is Cc1nc(CC2CCN(C(=O)c3cn[nH]c3-c3cccc(F)c3)CC2)no1. The van der Waals surface area contributed by atoms with Gasteiger partial charge >= 0.3 is 0 Å². The molecule has 0 bridgehead atoms. The maximum Gasteiger partial charge on any atom is 0.257 e. The smallest absolute Gasteiger partial charge is 0.257 e. The van der Waals surface area contributed by atoms with E-state index in [1.165, 1.54) is 18.3 Å². The largest absolute Gasteiger partial charge is 0.340 e. The van der Waals surface area contributed by atoms with Crippen LogP contribution >= 0.6 is 0 Å². The molecule has 1 saturated heterocycles. The first-order valence-corrected chi connectivity index (χ1v) is 8.98. The minimum atomic E-state index is -0.349. The first-order chi connectivity index (χ1) is 13.1. The molecule has 2 aromatic heterocycles. The predicted molar refractivity (Wildman–Crippen MR) is 95.3 cm³/mol. The molecule has 7 nitrogen and oxygen atoms in total. The lowest BCUT2D eigenvalue weighted by atomic mass is 9.93. The predicted octanol–water partition coefficient (Wildman–Crippen LogP) is 3.00.